The third-order valence-electron chi connectivity index (χ3n) is 3.40. The predicted molar refractivity (Wildman–Crippen MR) is 95.0 cm³/mol. The van der Waals surface area contributed by atoms with Gasteiger partial charge in [-0.15, -0.1) is 11.3 Å². The minimum atomic E-state index is -0.714. The molecule has 0 bridgehead atoms. The number of carbonyl (C=O) groups excluding carboxylic acids is 2. The Kier molecular flexibility index (Phi) is 7.84. The first kappa shape index (κ1) is 19.8. The molecule has 0 aliphatic carbocycles. The zero-order valence-corrected chi connectivity index (χ0v) is 15.9. The van der Waals surface area contributed by atoms with Crippen molar-refractivity contribution in [3.8, 4) is 0 Å². The minimum absolute atomic E-state index is 0.130. The monoisotopic (exact) mass is 359 g/mol. The summed E-state index contributed by atoms with van der Waals surface area (Å²) in [6.07, 6.45) is 0. The maximum absolute atomic E-state index is 12.3. The molecule has 0 saturated heterocycles. The standard InChI is InChI=1S/C15H25N3O3S2/c1-9(2)13-16-11(8-23-13)6-18(4)15(20)17-12(10(3)7-22)14(19)21-5/h8-10,12,22H,6-7H2,1-5H3,(H,17,20)/t10?,12-/m0/s1. The van der Waals surface area contributed by atoms with Gasteiger partial charge in [-0.1, -0.05) is 20.8 Å². The van der Waals surface area contributed by atoms with Crippen LogP contribution >= 0.6 is 24.0 Å². The number of hydrogen-bond acceptors (Lipinski definition) is 6. The Hall–Kier alpha value is -1.28. The van der Waals surface area contributed by atoms with Gasteiger partial charge in [0, 0.05) is 18.3 Å². The maximum Gasteiger partial charge on any atom is 0.328 e. The fourth-order valence-corrected chi connectivity index (χ4v) is 2.92. The summed E-state index contributed by atoms with van der Waals surface area (Å²) in [5.74, 6) is 0.236. The van der Waals surface area contributed by atoms with Crippen LogP contribution in [0.1, 0.15) is 37.4 Å². The fourth-order valence-electron chi connectivity index (χ4n) is 1.88. The van der Waals surface area contributed by atoms with E-state index in [1.54, 1.807) is 18.4 Å². The molecule has 1 unspecified atom stereocenters. The lowest BCUT2D eigenvalue weighted by Gasteiger charge is -2.25. The van der Waals surface area contributed by atoms with Gasteiger partial charge in [0.05, 0.1) is 24.4 Å². The van der Waals surface area contributed by atoms with Gasteiger partial charge in [-0.25, -0.2) is 14.6 Å². The maximum atomic E-state index is 12.3. The van der Waals surface area contributed by atoms with Gasteiger partial charge in [0.2, 0.25) is 0 Å². The average molecular weight is 360 g/mol. The number of esters is 1. The Morgan fingerprint density at radius 3 is 2.57 bits per heavy atom. The molecular weight excluding hydrogens is 334 g/mol. The summed E-state index contributed by atoms with van der Waals surface area (Å²) in [5, 5.41) is 5.71. The van der Waals surface area contributed by atoms with Crippen molar-refractivity contribution in [3.63, 3.8) is 0 Å². The molecule has 1 N–H and O–H groups in total. The molecule has 23 heavy (non-hydrogen) atoms. The molecular formula is C15H25N3O3S2. The number of urea groups is 1. The van der Waals surface area contributed by atoms with Gasteiger partial charge in [0.1, 0.15) is 6.04 Å². The fraction of sp³-hybridized carbons (Fsp3) is 0.667. The van der Waals surface area contributed by atoms with Gasteiger partial charge in [-0.3, -0.25) is 0 Å². The van der Waals surface area contributed by atoms with Crippen molar-refractivity contribution < 1.29 is 14.3 Å². The van der Waals surface area contributed by atoms with Crippen molar-refractivity contribution in [2.24, 2.45) is 5.92 Å². The largest absolute Gasteiger partial charge is 0.467 e. The van der Waals surface area contributed by atoms with Crippen LogP contribution in [0.15, 0.2) is 5.38 Å². The highest BCUT2D eigenvalue weighted by atomic mass is 32.1. The van der Waals surface area contributed by atoms with Crippen LogP contribution in [-0.2, 0) is 16.1 Å². The van der Waals surface area contributed by atoms with Crippen LogP contribution in [0, 0.1) is 5.92 Å². The summed E-state index contributed by atoms with van der Waals surface area (Å²) in [5.41, 5.74) is 0.841. The van der Waals surface area contributed by atoms with Gasteiger partial charge >= 0.3 is 12.0 Å². The van der Waals surface area contributed by atoms with Gasteiger partial charge in [-0.2, -0.15) is 12.6 Å². The summed E-state index contributed by atoms with van der Waals surface area (Å²) < 4.78 is 4.75. The normalized spacial score (nSPS) is 13.5. The van der Waals surface area contributed by atoms with Crippen LogP contribution in [0.4, 0.5) is 4.79 Å². The smallest absolute Gasteiger partial charge is 0.328 e. The second kappa shape index (κ2) is 9.12. The molecule has 0 radical (unpaired) electrons. The van der Waals surface area contributed by atoms with E-state index >= 15 is 0 Å². The summed E-state index contributed by atoms with van der Waals surface area (Å²) >= 11 is 5.77. The molecule has 0 aliphatic rings. The zero-order chi connectivity index (χ0) is 17.6. The number of carbonyl (C=O) groups is 2. The number of amides is 2. The quantitative estimate of drug-likeness (QED) is 0.580. The highest BCUT2D eigenvalue weighted by molar-refractivity contribution is 7.80. The van der Waals surface area contributed by atoms with E-state index in [-0.39, 0.29) is 11.9 Å². The van der Waals surface area contributed by atoms with E-state index in [0.29, 0.717) is 18.2 Å². The molecule has 1 aromatic heterocycles. The van der Waals surface area contributed by atoms with Crippen molar-refractivity contribution in [2.75, 3.05) is 19.9 Å². The molecule has 2 amide bonds. The molecule has 1 rings (SSSR count). The molecule has 0 fully saturated rings. The highest BCUT2D eigenvalue weighted by Gasteiger charge is 2.28. The number of aromatic nitrogens is 1. The van der Waals surface area contributed by atoms with Crippen LogP contribution in [0.2, 0.25) is 0 Å². The van der Waals surface area contributed by atoms with Gasteiger partial charge in [0.25, 0.3) is 0 Å². The van der Waals surface area contributed by atoms with Crippen LogP contribution < -0.4 is 5.32 Å². The molecule has 6 nitrogen and oxygen atoms in total. The highest BCUT2D eigenvalue weighted by Crippen LogP contribution is 2.19. The van der Waals surface area contributed by atoms with Gasteiger partial charge < -0.3 is 15.0 Å². The molecule has 0 aliphatic heterocycles. The molecule has 130 valence electrons. The number of thiazole rings is 1. The second-order valence-electron chi connectivity index (χ2n) is 5.80. The van der Waals surface area contributed by atoms with Crippen molar-refractivity contribution >= 4 is 36.0 Å². The van der Waals surface area contributed by atoms with Crippen molar-refractivity contribution in [1.29, 1.82) is 0 Å². The molecule has 2 atom stereocenters. The molecule has 0 spiro atoms. The molecule has 1 aromatic rings. The van der Waals surface area contributed by atoms with Crippen molar-refractivity contribution in [2.45, 2.75) is 39.3 Å². The van der Waals surface area contributed by atoms with Crippen LogP contribution in [0.3, 0.4) is 0 Å². The van der Waals surface area contributed by atoms with Crippen molar-refractivity contribution in [1.82, 2.24) is 15.2 Å². The number of rotatable bonds is 7. The summed E-state index contributed by atoms with van der Waals surface area (Å²) in [6, 6.07) is -1.05. The summed E-state index contributed by atoms with van der Waals surface area (Å²) in [6.45, 7) is 6.39. The first-order valence-electron chi connectivity index (χ1n) is 7.44. The first-order valence-corrected chi connectivity index (χ1v) is 8.95. The number of nitrogens with one attached hydrogen (secondary N) is 1. The molecule has 0 saturated carbocycles. The van der Waals surface area contributed by atoms with E-state index in [2.05, 4.69) is 36.8 Å². The lowest BCUT2D eigenvalue weighted by molar-refractivity contribution is -0.144. The van der Waals surface area contributed by atoms with E-state index in [9.17, 15) is 9.59 Å². The Balaban J connectivity index is 2.68. The third-order valence-corrected chi connectivity index (χ3v) is 5.17. The number of nitrogens with zero attached hydrogens (tertiary/aromatic N) is 2. The predicted octanol–water partition coefficient (Wildman–Crippen LogP) is 2.52. The number of ether oxygens (including phenoxy) is 1. The van der Waals surface area contributed by atoms with Crippen LogP contribution in [0.25, 0.3) is 0 Å². The van der Waals surface area contributed by atoms with E-state index in [1.165, 1.54) is 12.0 Å². The molecule has 1 heterocycles. The summed E-state index contributed by atoms with van der Waals surface area (Å²) in [4.78, 5) is 30.1. The van der Waals surface area contributed by atoms with Gasteiger partial charge in [-0.05, 0) is 11.7 Å². The van der Waals surface area contributed by atoms with E-state index in [0.717, 1.165) is 10.7 Å². The Morgan fingerprint density at radius 1 is 1.43 bits per heavy atom. The second-order valence-corrected chi connectivity index (χ2v) is 7.05. The van der Waals surface area contributed by atoms with E-state index < -0.39 is 12.0 Å². The number of hydrogen-bond donors (Lipinski definition) is 2. The average Bonchev–Trinajstić information content (AvgIpc) is 2.99. The summed E-state index contributed by atoms with van der Waals surface area (Å²) in [7, 11) is 2.97. The SMILES string of the molecule is COC(=O)[C@@H](NC(=O)N(C)Cc1csc(C(C)C)n1)C(C)CS. The minimum Gasteiger partial charge on any atom is -0.467 e. The van der Waals surface area contributed by atoms with Gasteiger partial charge in [0.15, 0.2) is 0 Å². The van der Waals surface area contributed by atoms with Crippen LogP contribution in [0.5, 0.6) is 0 Å². The Labute approximate surface area is 147 Å². The lowest BCUT2D eigenvalue weighted by atomic mass is 10.0. The number of methoxy groups -OCH3 is 1. The Bertz CT molecular complexity index is 534. The topological polar surface area (TPSA) is 71.5 Å². The van der Waals surface area contributed by atoms with E-state index in [4.69, 9.17) is 4.74 Å². The van der Waals surface area contributed by atoms with Crippen LogP contribution in [-0.4, -0.2) is 47.8 Å². The molecule has 8 heteroatoms. The lowest BCUT2D eigenvalue weighted by Crippen LogP contribution is -2.50. The first-order chi connectivity index (χ1) is 10.8. The molecule has 0 aromatic carbocycles. The zero-order valence-electron chi connectivity index (χ0n) is 14.2. The van der Waals surface area contributed by atoms with E-state index in [1.807, 2.05) is 12.3 Å². The third kappa shape index (κ3) is 5.69. The Morgan fingerprint density at radius 2 is 2.09 bits per heavy atom. The number of thiol groups is 1. The van der Waals surface area contributed by atoms with Crippen molar-refractivity contribution in [3.05, 3.63) is 16.1 Å².